The molecule has 3 N–H and O–H groups in total. The number of carbonyl (C=O) groups is 1. The maximum atomic E-state index is 11.8. The van der Waals surface area contributed by atoms with E-state index < -0.39 is 10.9 Å². The van der Waals surface area contributed by atoms with Crippen LogP contribution in [-0.2, 0) is 4.79 Å². The number of carbonyl (C=O) groups excluding carboxylic acids is 1. The molecular formula is C11H13N3O3. The molecule has 1 amide bonds. The van der Waals surface area contributed by atoms with Crippen LogP contribution in [0.4, 0.5) is 17.1 Å². The number of quaternary nitrogens is 1. The number of nitrogens with zero attached hydrogens (tertiary/aromatic N) is 1. The number of hydrogen-bond acceptors (Lipinski definition) is 4. The fourth-order valence-electron chi connectivity index (χ4n) is 2.62. The highest BCUT2D eigenvalue weighted by atomic mass is 16.8. The van der Waals surface area contributed by atoms with Crippen molar-refractivity contribution in [3.63, 3.8) is 0 Å². The highest BCUT2D eigenvalue weighted by Crippen LogP contribution is 2.46. The second kappa shape index (κ2) is 3.19. The van der Waals surface area contributed by atoms with Crippen molar-refractivity contribution in [3.05, 3.63) is 23.4 Å². The molecule has 1 saturated heterocycles. The van der Waals surface area contributed by atoms with Crippen molar-refractivity contribution in [3.8, 4) is 0 Å². The van der Waals surface area contributed by atoms with Gasteiger partial charge in [0.1, 0.15) is 5.66 Å². The smallest absolute Gasteiger partial charge is 0.229 e. The van der Waals surface area contributed by atoms with Crippen LogP contribution in [0.15, 0.2) is 18.2 Å². The molecule has 2 heterocycles. The van der Waals surface area contributed by atoms with Gasteiger partial charge in [-0.15, -0.1) is 0 Å². The molecule has 2 unspecified atom stereocenters. The Labute approximate surface area is 98.0 Å². The van der Waals surface area contributed by atoms with Crippen LogP contribution in [-0.4, -0.2) is 16.8 Å². The monoisotopic (exact) mass is 235 g/mol. The number of anilines is 2. The molecule has 1 fully saturated rings. The molecular weight excluding hydrogens is 222 g/mol. The third kappa shape index (κ3) is 1.35. The van der Waals surface area contributed by atoms with Crippen molar-refractivity contribution in [1.29, 1.82) is 0 Å². The van der Waals surface area contributed by atoms with Crippen molar-refractivity contribution in [2.45, 2.75) is 25.4 Å². The van der Waals surface area contributed by atoms with E-state index in [4.69, 9.17) is 5.21 Å². The van der Waals surface area contributed by atoms with E-state index in [9.17, 15) is 10.0 Å². The average Bonchev–Trinajstić information content (AvgIpc) is 2.71. The summed E-state index contributed by atoms with van der Waals surface area (Å²) < 4.78 is 0. The van der Waals surface area contributed by atoms with E-state index in [0.717, 1.165) is 17.8 Å². The fourth-order valence-corrected chi connectivity index (χ4v) is 2.62. The number of amides is 1. The predicted molar refractivity (Wildman–Crippen MR) is 61.0 cm³/mol. The number of nitrogens with one attached hydrogen (secondary N) is 2. The van der Waals surface area contributed by atoms with E-state index in [0.29, 0.717) is 6.42 Å². The van der Waals surface area contributed by atoms with Crippen LogP contribution in [0, 0.1) is 5.21 Å². The summed E-state index contributed by atoms with van der Waals surface area (Å²) >= 11 is 0. The number of fused-ring (bicyclic) bond motifs is 3. The lowest BCUT2D eigenvalue weighted by atomic mass is 10.1. The van der Waals surface area contributed by atoms with Gasteiger partial charge >= 0.3 is 0 Å². The largest absolute Gasteiger partial charge is 0.595 e. The zero-order valence-electron chi connectivity index (χ0n) is 9.36. The third-order valence-electron chi connectivity index (χ3n) is 3.46. The van der Waals surface area contributed by atoms with Crippen LogP contribution in [0.5, 0.6) is 0 Å². The van der Waals surface area contributed by atoms with Crippen molar-refractivity contribution >= 4 is 23.0 Å². The minimum Gasteiger partial charge on any atom is -0.595 e. The summed E-state index contributed by atoms with van der Waals surface area (Å²) in [7, 11) is 0. The van der Waals surface area contributed by atoms with Crippen LogP contribution in [0.2, 0.25) is 0 Å². The molecule has 0 spiro atoms. The van der Waals surface area contributed by atoms with Gasteiger partial charge in [0.15, 0.2) is 5.69 Å². The third-order valence-corrected chi connectivity index (χ3v) is 3.46. The first-order chi connectivity index (χ1) is 8.01. The van der Waals surface area contributed by atoms with Crippen LogP contribution < -0.4 is 15.4 Å². The van der Waals surface area contributed by atoms with E-state index in [2.05, 4.69) is 5.32 Å². The van der Waals surface area contributed by atoms with Gasteiger partial charge in [-0.3, -0.25) is 9.69 Å². The lowest BCUT2D eigenvalue weighted by Crippen LogP contribution is -2.99. The molecule has 2 aliphatic rings. The Morgan fingerprint density at radius 3 is 3.06 bits per heavy atom. The van der Waals surface area contributed by atoms with Gasteiger partial charge < -0.3 is 10.5 Å². The van der Waals surface area contributed by atoms with Crippen molar-refractivity contribution in [2.75, 3.05) is 10.2 Å². The zero-order chi connectivity index (χ0) is 12.2. The van der Waals surface area contributed by atoms with Crippen LogP contribution in [0.25, 0.3) is 0 Å². The van der Waals surface area contributed by atoms with Crippen LogP contribution in [0.1, 0.15) is 19.8 Å². The van der Waals surface area contributed by atoms with Crippen molar-refractivity contribution < 1.29 is 15.2 Å². The molecule has 3 rings (SSSR count). The molecule has 6 nitrogen and oxygen atoms in total. The topological polar surface area (TPSA) is 80.1 Å². The first-order valence-corrected chi connectivity index (χ1v) is 5.50. The zero-order valence-corrected chi connectivity index (χ0v) is 9.36. The van der Waals surface area contributed by atoms with Gasteiger partial charge in [-0.05, 0) is 19.4 Å². The Hall–Kier alpha value is -1.63. The van der Waals surface area contributed by atoms with Crippen LogP contribution >= 0.6 is 0 Å². The summed E-state index contributed by atoms with van der Waals surface area (Å²) in [6.45, 7) is 1.96. The summed E-state index contributed by atoms with van der Waals surface area (Å²) in [5.74, 6) is 0.0850. The Bertz CT molecular complexity index is 503. The molecule has 0 radical (unpaired) electrons. The van der Waals surface area contributed by atoms with Gasteiger partial charge in [-0.2, -0.15) is 5.23 Å². The van der Waals surface area contributed by atoms with Gasteiger partial charge in [0.25, 0.3) is 0 Å². The molecule has 0 bridgehead atoms. The van der Waals surface area contributed by atoms with E-state index in [1.54, 1.807) is 17.0 Å². The summed E-state index contributed by atoms with van der Waals surface area (Å²) in [5, 5.41) is 22.1. The molecule has 2 atom stereocenters. The highest BCUT2D eigenvalue weighted by Gasteiger charge is 2.48. The maximum Gasteiger partial charge on any atom is 0.229 e. The van der Waals surface area contributed by atoms with E-state index in [1.807, 2.05) is 6.92 Å². The lowest BCUT2D eigenvalue weighted by molar-refractivity contribution is -0.991. The Morgan fingerprint density at radius 2 is 2.35 bits per heavy atom. The minimum absolute atomic E-state index is 0.0850. The van der Waals surface area contributed by atoms with Gasteiger partial charge in [0, 0.05) is 18.6 Å². The quantitative estimate of drug-likeness (QED) is 0.614. The Kier molecular flexibility index (Phi) is 1.97. The number of hydrogen-bond donors (Lipinski definition) is 3. The molecule has 1 aromatic rings. The fraction of sp³-hybridized carbons (Fsp3) is 0.364. The first kappa shape index (κ1) is 10.5. The van der Waals surface area contributed by atoms with E-state index in [1.165, 1.54) is 6.07 Å². The Balaban J connectivity index is 2.08. The van der Waals surface area contributed by atoms with Gasteiger partial charge in [0.05, 0.1) is 11.4 Å². The molecule has 0 aromatic heterocycles. The summed E-state index contributed by atoms with van der Waals surface area (Å²) in [6.07, 6.45) is 1.27. The van der Waals surface area contributed by atoms with Crippen molar-refractivity contribution in [1.82, 2.24) is 0 Å². The maximum absolute atomic E-state index is 11.8. The summed E-state index contributed by atoms with van der Waals surface area (Å²) in [5.41, 5.74) is 1.34. The van der Waals surface area contributed by atoms with Gasteiger partial charge in [0.2, 0.25) is 5.91 Å². The minimum atomic E-state index is -0.960. The van der Waals surface area contributed by atoms with Gasteiger partial charge in [-0.25, -0.2) is 5.21 Å². The summed E-state index contributed by atoms with van der Waals surface area (Å²) in [6, 6.07) is 4.80. The number of benzene rings is 1. The molecule has 0 saturated carbocycles. The second-order valence-electron chi connectivity index (χ2n) is 4.67. The molecule has 2 aliphatic heterocycles. The SMILES string of the molecule is CC12CCC(=O)N1c1ccc([NH+]([O-])O)cc1N2. The summed E-state index contributed by atoms with van der Waals surface area (Å²) in [4.78, 5) is 13.5. The molecule has 6 heteroatoms. The standard InChI is InChI=1S/C11H13N3O3/c1-11-5-4-10(15)13(11)9-3-2-7(14(16)17)6-8(9)12-11/h2-3,6,12,14,16H,4-5H2,1H3. The lowest BCUT2D eigenvalue weighted by Gasteiger charge is -2.27. The molecule has 17 heavy (non-hydrogen) atoms. The second-order valence-corrected chi connectivity index (χ2v) is 4.67. The average molecular weight is 235 g/mol. The molecule has 0 aliphatic carbocycles. The number of rotatable bonds is 1. The molecule has 90 valence electrons. The van der Waals surface area contributed by atoms with Crippen LogP contribution in [0.3, 0.4) is 0 Å². The van der Waals surface area contributed by atoms with E-state index in [-0.39, 0.29) is 11.6 Å². The normalized spacial score (nSPS) is 27.7. The van der Waals surface area contributed by atoms with E-state index >= 15 is 0 Å². The van der Waals surface area contributed by atoms with Crippen molar-refractivity contribution in [2.24, 2.45) is 0 Å². The molecule has 1 aromatic carbocycles. The van der Waals surface area contributed by atoms with Gasteiger partial charge in [-0.1, -0.05) is 0 Å². The predicted octanol–water partition coefficient (Wildman–Crippen LogP) is 0.358. The highest BCUT2D eigenvalue weighted by molar-refractivity contribution is 6.04. The first-order valence-electron chi connectivity index (χ1n) is 5.50. The Morgan fingerprint density at radius 1 is 1.59 bits per heavy atom.